The molecule has 5 nitrogen and oxygen atoms in total. The molecule has 0 aliphatic rings. The minimum Gasteiger partial charge on any atom is -0.391 e. The third kappa shape index (κ3) is 3.98. The van der Waals surface area contributed by atoms with Crippen molar-refractivity contribution in [3.05, 3.63) is 32.8 Å². The van der Waals surface area contributed by atoms with Gasteiger partial charge in [0, 0.05) is 6.07 Å². The first-order valence-electron chi connectivity index (χ1n) is 5.87. The average Bonchev–Trinajstić information content (AvgIpc) is 2.25. The van der Waals surface area contributed by atoms with E-state index in [0.29, 0.717) is 6.07 Å². The Morgan fingerprint density at radius 1 is 1.38 bits per heavy atom. The Morgan fingerprint density at radius 2 is 1.90 bits per heavy atom. The lowest BCUT2D eigenvalue weighted by Gasteiger charge is -2.30. The third-order valence-corrected chi connectivity index (χ3v) is 3.40. The van der Waals surface area contributed by atoms with Gasteiger partial charge in [-0.3, -0.25) is 10.1 Å². The lowest BCUT2D eigenvalue weighted by Crippen LogP contribution is -2.42. The molecule has 21 heavy (non-hydrogen) atoms. The molecule has 0 saturated carbocycles. The Hall–Kier alpha value is -1.54. The summed E-state index contributed by atoms with van der Waals surface area (Å²) >= 11 is 5.55. The van der Waals surface area contributed by atoms with Gasteiger partial charge in [-0.1, -0.05) is 11.6 Å². The fourth-order valence-corrected chi connectivity index (χ4v) is 1.75. The quantitative estimate of drug-likeness (QED) is 0.651. The van der Waals surface area contributed by atoms with Gasteiger partial charge in [-0.05, 0) is 26.8 Å². The van der Waals surface area contributed by atoms with E-state index in [-0.39, 0.29) is 5.69 Å². The van der Waals surface area contributed by atoms with Crippen LogP contribution in [0.15, 0.2) is 12.1 Å². The molecular weight excluding hydrogens is 313 g/mol. The zero-order valence-corrected chi connectivity index (χ0v) is 12.2. The summed E-state index contributed by atoms with van der Waals surface area (Å²) in [7, 11) is 0. The summed E-state index contributed by atoms with van der Waals surface area (Å²) in [5.41, 5.74) is -3.23. The van der Waals surface area contributed by atoms with Crippen molar-refractivity contribution in [2.45, 2.75) is 38.6 Å². The van der Waals surface area contributed by atoms with Gasteiger partial charge >= 0.3 is 6.18 Å². The molecule has 0 aromatic heterocycles. The minimum atomic E-state index is -4.79. The number of nitro groups is 1. The number of anilines is 1. The van der Waals surface area contributed by atoms with Gasteiger partial charge in [-0.2, -0.15) is 13.2 Å². The summed E-state index contributed by atoms with van der Waals surface area (Å²) in [5, 5.41) is 22.5. The molecule has 0 amide bonds. The van der Waals surface area contributed by atoms with Crippen LogP contribution in [0, 0.1) is 10.1 Å². The Balaban J connectivity index is 3.41. The molecule has 1 aromatic carbocycles. The number of hydrogen-bond donors (Lipinski definition) is 2. The van der Waals surface area contributed by atoms with Gasteiger partial charge in [0.2, 0.25) is 0 Å². The summed E-state index contributed by atoms with van der Waals surface area (Å²) in [6.45, 7) is 4.55. The summed E-state index contributed by atoms with van der Waals surface area (Å²) in [5.74, 6) is 0. The van der Waals surface area contributed by atoms with Crippen LogP contribution in [0.4, 0.5) is 24.5 Å². The van der Waals surface area contributed by atoms with Gasteiger partial charge in [0.15, 0.2) is 0 Å². The molecule has 0 saturated heterocycles. The number of hydrogen-bond acceptors (Lipinski definition) is 4. The molecular formula is C12H14ClF3N2O3. The van der Waals surface area contributed by atoms with Gasteiger partial charge in [-0.15, -0.1) is 0 Å². The summed E-state index contributed by atoms with van der Waals surface area (Å²) in [4.78, 5) is 10.0. The van der Waals surface area contributed by atoms with Crippen LogP contribution in [0.2, 0.25) is 5.02 Å². The molecule has 118 valence electrons. The van der Waals surface area contributed by atoms with Crippen LogP contribution < -0.4 is 5.32 Å². The number of benzene rings is 1. The Labute approximate surface area is 123 Å². The van der Waals surface area contributed by atoms with Crippen molar-refractivity contribution in [3.63, 3.8) is 0 Å². The molecule has 0 aliphatic heterocycles. The number of aliphatic hydroxyl groups is 1. The smallest absolute Gasteiger partial charge is 0.391 e. The standard InChI is InChI=1S/C12H14ClF3N2O3/c1-6(19)11(2,3)17-9-5-8(13)7(12(14,15)16)4-10(9)18(20)21/h4-6,17,19H,1-3H3/t6-/m0/s1. The molecule has 9 heteroatoms. The number of alkyl halides is 3. The lowest BCUT2D eigenvalue weighted by atomic mass is 9.98. The number of rotatable bonds is 4. The first-order chi connectivity index (χ1) is 9.36. The SMILES string of the molecule is C[C@H](O)C(C)(C)Nc1cc(Cl)c(C(F)(F)F)cc1[N+](=O)[O-]. The molecule has 0 heterocycles. The lowest BCUT2D eigenvalue weighted by molar-refractivity contribution is -0.384. The van der Waals surface area contributed by atoms with E-state index in [0.717, 1.165) is 6.07 Å². The van der Waals surface area contributed by atoms with Crippen LogP contribution in [-0.4, -0.2) is 21.7 Å². The number of halogens is 4. The zero-order valence-electron chi connectivity index (χ0n) is 11.5. The minimum absolute atomic E-state index is 0.191. The number of nitrogens with one attached hydrogen (secondary N) is 1. The molecule has 1 rings (SSSR count). The summed E-state index contributed by atoms with van der Waals surface area (Å²) in [6.07, 6.45) is -5.70. The van der Waals surface area contributed by atoms with Crippen LogP contribution >= 0.6 is 11.6 Å². The van der Waals surface area contributed by atoms with Gasteiger partial charge in [0.1, 0.15) is 5.69 Å². The third-order valence-electron chi connectivity index (χ3n) is 3.09. The maximum Gasteiger partial charge on any atom is 0.418 e. The van der Waals surface area contributed by atoms with E-state index in [4.69, 9.17) is 11.6 Å². The summed E-state index contributed by atoms with van der Waals surface area (Å²) < 4.78 is 38.2. The van der Waals surface area contributed by atoms with E-state index >= 15 is 0 Å². The summed E-state index contributed by atoms with van der Waals surface area (Å²) in [6, 6.07) is 1.22. The van der Waals surface area contributed by atoms with Gasteiger partial charge in [0.05, 0.1) is 27.2 Å². The van der Waals surface area contributed by atoms with E-state index in [1.807, 2.05) is 0 Å². The van der Waals surface area contributed by atoms with Crippen LogP contribution in [-0.2, 0) is 6.18 Å². The molecule has 0 bridgehead atoms. The first-order valence-corrected chi connectivity index (χ1v) is 6.25. The molecule has 1 atom stereocenters. The van der Waals surface area contributed by atoms with Crippen molar-refractivity contribution < 1.29 is 23.2 Å². The van der Waals surface area contributed by atoms with Gasteiger partial charge in [0.25, 0.3) is 5.69 Å². The highest BCUT2D eigenvalue weighted by molar-refractivity contribution is 6.31. The monoisotopic (exact) mass is 326 g/mol. The van der Waals surface area contributed by atoms with Crippen molar-refractivity contribution in [2.24, 2.45) is 0 Å². The molecule has 0 aliphatic carbocycles. The van der Waals surface area contributed by atoms with Crippen LogP contribution in [0.1, 0.15) is 26.3 Å². The predicted molar refractivity (Wildman–Crippen MR) is 72.5 cm³/mol. The van der Waals surface area contributed by atoms with Crippen molar-refractivity contribution in [1.29, 1.82) is 0 Å². The second-order valence-electron chi connectivity index (χ2n) is 5.13. The second kappa shape index (κ2) is 5.69. The number of nitro benzene ring substituents is 1. The molecule has 0 radical (unpaired) electrons. The molecule has 0 unspecified atom stereocenters. The number of aliphatic hydroxyl groups excluding tert-OH is 1. The second-order valence-corrected chi connectivity index (χ2v) is 5.53. The largest absolute Gasteiger partial charge is 0.418 e. The normalized spacial score (nSPS) is 13.9. The van der Waals surface area contributed by atoms with Gasteiger partial charge < -0.3 is 10.4 Å². The maximum atomic E-state index is 12.7. The Bertz CT molecular complexity index is 559. The van der Waals surface area contributed by atoms with E-state index in [2.05, 4.69) is 5.32 Å². The molecule has 0 spiro atoms. The predicted octanol–water partition coefficient (Wildman–Crippen LogP) is 3.84. The average molecular weight is 327 g/mol. The van der Waals surface area contributed by atoms with E-state index in [1.54, 1.807) is 13.8 Å². The maximum absolute atomic E-state index is 12.7. The topological polar surface area (TPSA) is 75.4 Å². The highest BCUT2D eigenvalue weighted by Crippen LogP contribution is 2.41. The Morgan fingerprint density at radius 3 is 2.29 bits per heavy atom. The van der Waals surface area contributed by atoms with Crippen molar-refractivity contribution >= 4 is 23.0 Å². The van der Waals surface area contributed by atoms with E-state index < -0.39 is 39.0 Å². The van der Waals surface area contributed by atoms with Crippen LogP contribution in [0.3, 0.4) is 0 Å². The van der Waals surface area contributed by atoms with Crippen molar-refractivity contribution in [1.82, 2.24) is 0 Å². The number of nitrogens with zero attached hydrogens (tertiary/aromatic N) is 1. The van der Waals surface area contributed by atoms with Crippen molar-refractivity contribution in [3.8, 4) is 0 Å². The van der Waals surface area contributed by atoms with Crippen molar-refractivity contribution in [2.75, 3.05) is 5.32 Å². The molecule has 0 fully saturated rings. The van der Waals surface area contributed by atoms with E-state index in [1.165, 1.54) is 6.92 Å². The highest BCUT2D eigenvalue weighted by Gasteiger charge is 2.37. The fraction of sp³-hybridized carbons (Fsp3) is 0.500. The first kappa shape index (κ1) is 17.5. The highest BCUT2D eigenvalue weighted by atomic mass is 35.5. The van der Waals surface area contributed by atoms with Gasteiger partial charge in [-0.25, -0.2) is 0 Å². The van der Waals surface area contributed by atoms with E-state index in [9.17, 15) is 28.4 Å². The van der Waals surface area contributed by atoms with Crippen LogP contribution in [0.5, 0.6) is 0 Å². The molecule has 2 N–H and O–H groups in total. The Kier molecular flexibility index (Phi) is 4.74. The zero-order chi connectivity index (χ0) is 16.6. The molecule has 1 aromatic rings. The fourth-order valence-electron chi connectivity index (χ4n) is 1.48. The van der Waals surface area contributed by atoms with Crippen LogP contribution in [0.25, 0.3) is 0 Å².